The summed E-state index contributed by atoms with van der Waals surface area (Å²) >= 11 is 0. The van der Waals surface area contributed by atoms with Gasteiger partial charge in [0.2, 0.25) is 0 Å². The maximum Gasteiger partial charge on any atom is 0.267 e. The van der Waals surface area contributed by atoms with E-state index in [0.717, 1.165) is 55.3 Å². The minimum absolute atomic E-state index is 0.0214. The maximum absolute atomic E-state index is 13.2. The zero-order valence-electron chi connectivity index (χ0n) is 16.3. The van der Waals surface area contributed by atoms with Crippen molar-refractivity contribution in [1.29, 1.82) is 0 Å². The lowest BCUT2D eigenvalue weighted by molar-refractivity contribution is 0.0720. The molecule has 1 amide bonds. The average Bonchev–Trinajstić information content (AvgIpc) is 3.21. The van der Waals surface area contributed by atoms with Gasteiger partial charge in [0, 0.05) is 30.6 Å². The molecule has 1 aromatic carbocycles. The Kier molecular flexibility index (Phi) is 4.58. The van der Waals surface area contributed by atoms with Crippen LogP contribution in [-0.4, -0.2) is 43.1 Å². The molecule has 1 saturated heterocycles. The molecule has 7 nitrogen and oxygen atoms in total. The third-order valence-electron chi connectivity index (χ3n) is 6.01. The molecule has 0 bridgehead atoms. The summed E-state index contributed by atoms with van der Waals surface area (Å²) in [6, 6.07) is 7.15. The SMILES string of the molecule is O=C(c1ccc2nccnc2c1)N1CCCC1Cn1nc2c(cc1=O)CCCC2. The van der Waals surface area contributed by atoms with Crippen molar-refractivity contribution in [2.45, 2.75) is 51.1 Å². The van der Waals surface area contributed by atoms with Gasteiger partial charge in [-0.2, -0.15) is 5.10 Å². The van der Waals surface area contributed by atoms with Crippen LogP contribution in [0.2, 0.25) is 0 Å². The zero-order chi connectivity index (χ0) is 19.8. The third kappa shape index (κ3) is 3.41. The molecule has 1 aliphatic heterocycles. The summed E-state index contributed by atoms with van der Waals surface area (Å²) < 4.78 is 1.56. The summed E-state index contributed by atoms with van der Waals surface area (Å²) in [6.07, 6.45) is 9.20. The highest BCUT2D eigenvalue weighted by molar-refractivity contribution is 5.97. The number of hydrogen-bond donors (Lipinski definition) is 0. The maximum atomic E-state index is 13.2. The Hall–Kier alpha value is -3.09. The molecule has 1 fully saturated rings. The molecule has 5 rings (SSSR count). The molecule has 148 valence electrons. The van der Waals surface area contributed by atoms with E-state index in [1.54, 1.807) is 35.3 Å². The van der Waals surface area contributed by atoms with Gasteiger partial charge in [-0.1, -0.05) is 0 Å². The van der Waals surface area contributed by atoms with E-state index in [-0.39, 0.29) is 17.5 Å². The average molecular weight is 389 g/mol. The van der Waals surface area contributed by atoms with Gasteiger partial charge in [0.1, 0.15) is 0 Å². The summed E-state index contributed by atoms with van der Waals surface area (Å²) in [6.45, 7) is 1.15. The first-order chi connectivity index (χ1) is 14.2. The lowest BCUT2D eigenvalue weighted by atomic mass is 9.97. The normalized spacial score (nSPS) is 18.8. The van der Waals surface area contributed by atoms with Crippen molar-refractivity contribution in [3.63, 3.8) is 0 Å². The largest absolute Gasteiger partial charge is 0.334 e. The number of carbonyl (C=O) groups is 1. The number of benzene rings is 1. The van der Waals surface area contributed by atoms with Gasteiger partial charge in [-0.3, -0.25) is 19.6 Å². The predicted octanol–water partition coefficient (Wildman–Crippen LogP) is 2.37. The first kappa shape index (κ1) is 18.0. The van der Waals surface area contributed by atoms with E-state index in [9.17, 15) is 9.59 Å². The standard InChI is InChI=1S/C22H23N5O2/c28-21-13-15-4-1-2-6-18(15)25-27(21)14-17-5-3-11-26(17)22(29)16-7-8-19-20(12-16)24-10-9-23-19/h7-10,12-13,17H,1-6,11,14H2. The van der Waals surface area contributed by atoms with Gasteiger partial charge in [-0.25, -0.2) is 4.68 Å². The number of carbonyl (C=O) groups excluding carboxylic acids is 1. The third-order valence-corrected chi connectivity index (χ3v) is 6.01. The molecule has 2 aromatic heterocycles. The van der Waals surface area contributed by atoms with Gasteiger partial charge in [-0.05, 0) is 62.3 Å². The van der Waals surface area contributed by atoms with Crippen molar-refractivity contribution < 1.29 is 4.79 Å². The number of aryl methyl sites for hydroxylation is 2. The fourth-order valence-corrected chi connectivity index (χ4v) is 4.49. The van der Waals surface area contributed by atoms with Crippen molar-refractivity contribution >= 4 is 16.9 Å². The topological polar surface area (TPSA) is 81.0 Å². The number of fused-ring (bicyclic) bond motifs is 2. The van der Waals surface area contributed by atoms with Crippen LogP contribution in [0.5, 0.6) is 0 Å². The van der Waals surface area contributed by atoms with Crippen LogP contribution in [0.1, 0.15) is 47.3 Å². The second kappa shape index (κ2) is 7.39. The molecule has 0 N–H and O–H groups in total. The number of aromatic nitrogens is 4. The van der Waals surface area contributed by atoms with Gasteiger partial charge in [0.25, 0.3) is 11.5 Å². The lowest BCUT2D eigenvalue weighted by Crippen LogP contribution is -2.41. The second-order valence-corrected chi connectivity index (χ2v) is 7.90. The first-order valence-electron chi connectivity index (χ1n) is 10.3. The van der Waals surface area contributed by atoms with Crippen molar-refractivity contribution in [2.24, 2.45) is 0 Å². The van der Waals surface area contributed by atoms with E-state index in [2.05, 4.69) is 15.1 Å². The predicted molar refractivity (Wildman–Crippen MR) is 109 cm³/mol. The minimum Gasteiger partial charge on any atom is -0.334 e. The summed E-state index contributed by atoms with van der Waals surface area (Å²) in [7, 11) is 0. The van der Waals surface area contributed by atoms with Crippen molar-refractivity contribution in [3.8, 4) is 0 Å². The Morgan fingerprint density at radius 3 is 2.76 bits per heavy atom. The second-order valence-electron chi connectivity index (χ2n) is 7.90. The molecule has 0 saturated carbocycles. The van der Waals surface area contributed by atoms with E-state index < -0.39 is 0 Å². The highest BCUT2D eigenvalue weighted by atomic mass is 16.2. The van der Waals surface area contributed by atoms with Crippen LogP contribution in [0.3, 0.4) is 0 Å². The number of rotatable bonds is 3. The Balaban J connectivity index is 1.39. The number of likely N-dealkylation sites (tertiary alicyclic amines) is 1. The van der Waals surface area contributed by atoms with E-state index in [4.69, 9.17) is 0 Å². The van der Waals surface area contributed by atoms with Crippen LogP contribution in [0.25, 0.3) is 11.0 Å². The van der Waals surface area contributed by atoms with Gasteiger partial charge in [-0.15, -0.1) is 0 Å². The molecule has 0 radical (unpaired) electrons. The molecule has 2 aliphatic rings. The fourth-order valence-electron chi connectivity index (χ4n) is 4.49. The molecule has 1 unspecified atom stereocenters. The summed E-state index contributed by atoms with van der Waals surface area (Å²) in [5.41, 5.74) is 4.16. The Morgan fingerprint density at radius 1 is 1.03 bits per heavy atom. The molecular weight excluding hydrogens is 366 g/mol. The van der Waals surface area contributed by atoms with Crippen LogP contribution in [-0.2, 0) is 19.4 Å². The van der Waals surface area contributed by atoms with E-state index in [1.807, 2.05) is 11.0 Å². The van der Waals surface area contributed by atoms with Crippen molar-refractivity contribution in [2.75, 3.05) is 6.54 Å². The van der Waals surface area contributed by atoms with Crippen molar-refractivity contribution in [3.05, 3.63) is 63.8 Å². The lowest BCUT2D eigenvalue weighted by Gasteiger charge is -2.26. The fraction of sp³-hybridized carbons (Fsp3) is 0.409. The summed E-state index contributed by atoms with van der Waals surface area (Å²) in [5, 5.41) is 4.63. The molecule has 3 heterocycles. The van der Waals surface area contributed by atoms with Gasteiger partial charge < -0.3 is 4.90 Å². The molecule has 29 heavy (non-hydrogen) atoms. The van der Waals surface area contributed by atoms with Gasteiger partial charge in [0.05, 0.1) is 29.3 Å². The van der Waals surface area contributed by atoms with Crippen LogP contribution in [0.15, 0.2) is 41.5 Å². The van der Waals surface area contributed by atoms with Crippen molar-refractivity contribution in [1.82, 2.24) is 24.6 Å². The molecule has 1 aliphatic carbocycles. The Labute approximate surface area is 168 Å². The molecular formula is C22H23N5O2. The molecule has 3 aromatic rings. The Morgan fingerprint density at radius 2 is 1.86 bits per heavy atom. The monoisotopic (exact) mass is 389 g/mol. The van der Waals surface area contributed by atoms with E-state index in [1.165, 1.54) is 0 Å². The Bertz CT molecular complexity index is 1140. The highest BCUT2D eigenvalue weighted by Gasteiger charge is 2.30. The van der Waals surface area contributed by atoms with Crippen LogP contribution < -0.4 is 5.56 Å². The number of hydrogen-bond acceptors (Lipinski definition) is 5. The van der Waals surface area contributed by atoms with Gasteiger partial charge >= 0.3 is 0 Å². The first-order valence-corrected chi connectivity index (χ1v) is 10.3. The molecule has 0 spiro atoms. The highest BCUT2D eigenvalue weighted by Crippen LogP contribution is 2.23. The van der Waals surface area contributed by atoms with E-state index >= 15 is 0 Å². The van der Waals surface area contributed by atoms with Crippen LogP contribution in [0, 0.1) is 0 Å². The van der Waals surface area contributed by atoms with E-state index in [0.29, 0.717) is 24.2 Å². The smallest absolute Gasteiger partial charge is 0.267 e. The van der Waals surface area contributed by atoms with Crippen LogP contribution >= 0.6 is 0 Å². The molecule has 7 heteroatoms. The minimum atomic E-state index is -0.0640. The summed E-state index contributed by atoms with van der Waals surface area (Å²) in [4.78, 5) is 36.2. The number of nitrogens with zero attached hydrogens (tertiary/aromatic N) is 5. The zero-order valence-corrected chi connectivity index (χ0v) is 16.3. The quantitative estimate of drug-likeness (QED) is 0.687. The summed E-state index contributed by atoms with van der Waals surface area (Å²) in [5.74, 6) is -0.0222. The van der Waals surface area contributed by atoms with Gasteiger partial charge in [0.15, 0.2) is 0 Å². The van der Waals surface area contributed by atoms with Crippen LogP contribution in [0.4, 0.5) is 0 Å². The number of amides is 1. The molecule has 1 atom stereocenters.